The van der Waals surface area contributed by atoms with E-state index in [1.54, 1.807) is 6.08 Å². The van der Waals surface area contributed by atoms with Crippen molar-refractivity contribution in [2.45, 2.75) is 25.1 Å². The van der Waals surface area contributed by atoms with Gasteiger partial charge in [0.25, 0.3) is 0 Å². The van der Waals surface area contributed by atoms with Gasteiger partial charge in [-0.3, -0.25) is 9.98 Å². The molecule has 0 saturated carbocycles. The lowest BCUT2D eigenvalue weighted by Crippen LogP contribution is -2.05. The standard InChI is InChI=1S/C20H14F3N3O2/c21-20(22,23)15-5-1-3-12(7-15)16-11-26-18(8-14(16)9-24)17-6-2-4-13(10-25-17)19(27)28/h1,3-5,7-8,10-11,17H,2,6H2,(H,27,28). The van der Waals surface area contributed by atoms with E-state index in [1.807, 2.05) is 6.07 Å². The van der Waals surface area contributed by atoms with Crippen LogP contribution in [-0.2, 0) is 11.0 Å². The van der Waals surface area contributed by atoms with Crippen LogP contribution in [0, 0.1) is 11.3 Å². The van der Waals surface area contributed by atoms with E-state index < -0.39 is 23.8 Å². The molecule has 0 spiro atoms. The monoisotopic (exact) mass is 385 g/mol. The number of aromatic nitrogens is 1. The Balaban J connectivity index is 1.95. The number of aliphatic carboxylic acids is 1. The average Bonchev–Trinajstić information content (AvgIpc) is 2.93. The predicted octanol–water partition coefficient (Wildman–Crippen LogP) is 4.56. The SMILES string of the molecule is N#Cc1cc(C2CCC=C(C(=O)O)C=N2)ncc1-c1cccc(C(F)(F)F)c1. The molecule has 2 heterocycles. The molecule has 5 nitrogen and oxygen atoms in total. The third kappa shape index (κ3) is 4.09. The molecule has 8 heteroatoms. The molecule has 1 aliphatic rings. The zero-order valence-corrected chi connectivity index (χ0v) is 14.4. The van der Waals surface area contributed by atoms with Gasteiger partial charge in [0.15, 0.2) is 0 Å². The number of allylic oxidation sites excluding steroid dienone is 1. The minimum absolute atomic E-state index is 0.0867. The Morgan fingerprint density at radius 1 is 1.29 bits per heavy atom. The summed E-state index contributed by atoms with van der Waals surface area (Å²) < 4.78 is 38.9. The Hall–Kier alpha value is -3.47. The Morgan fingerprint density at radius 2 is 2.07 bits per heavy atom. The quantitative estimate of drug-likeness (QED) is 0.839. The van der Waals surface area contributed by atoms with Crippen molar-refractivity contribution in [3.05, 3.63) is 65.0 Å². The van der Waals surface area contributed by atoms with Crippen molar-refractivity contribution >= 4 is 12.2 Å². The lowest BCUT2D eigenvalue weighted by molar-refractivity contribution is -0.137. The lowest BCUT2D eigenvalue weighted by atomic mass is 9.98. The summed E-state index contributed by atoms with van der Waals surface area (Å²) in [5, 5.41) is 18.5. The normalized spacial score (nSPS) is 16.8. The number of nitrogens with zero attached hydrogens (tertiary/aromatic N) is 3. The Bertz CT molecular complexity index is 1020. The summed E-state index contributed by atoms with van der Waals surface area (Å²) in [5.41, 5.74) is 0.449. The maximum absolute atomic E-state index is 13.0. The molecule has 2 aromatic rings. The first-order valence-corrected chi connectivity index (χ1v) is 8.34. The zero-order chi connectivity index (χ0) is 20.3. The van der Waals surface area contributed by atoms with Crippen LogP contribution in [0.4, 0.5) is 13.2 Å². The molecule has 0 aliphatic carbocycles. The number of carbonyl (C=O) groups is 1. The first-order valence-electron chi connectivity index (χ1n) is 8.34. The van der Waals surface area contributed by atoms with Gasteiger partial charge in [-0.2, -0.15) is 18.4 Å². The summed E-state index contributed by atoms with van der Waals surface area (Å²) in [4.78, 5) is 19.6. The largest absolute Gasteiger partial charge is 0.478 e. The van der Waals surface area contributed by atoms with E-state index in [9.17, 15) is 23.2 Å². The van der Waals surface area contributed by atoms with Crippen molar-refractivity contribution in [1.29, 1.82) is 5.26 Å². The van der Waals surface area contributed by atoms with Crippen molar-refractivity contribution in [3.8, 4) is 17.2 Å². The minimum Gasteiger partial charge on any atom is -0.478 e. The minimum atomic E-state index is -4.49. The Labute approximate surface area is 158 Å². The number of alkyl halides is 3. The molecule has 0 fully saturated rings. The fraction of sp³-hybridized carbons (Fsp3) is 0.200. The third-order valence-electron chi connectivity index (χ3n) is 4.33. The van der Waals surface area contributed by atoms with Crippen LogP contribution in [-0.4, -0.2) is 22.3 Å². The van der Waals surface area contributed by atoms with Crippen molar-refractivity contribution in [1.82, 2.24) is 4.98 Å². The molecule has 0 saturated heterocycles. The summed E-state index contributed by atoms with van der Waals surface area (Å²) in [5.74, 6) is -1.07. The van der Waals surface area contributed by atoms with Crippen molar-refractivity contribution in [2.75, 3.05) is 0 Å². The molecule has 1 aliphatic heterocycles. The van der Waals surface area contributed by atoms with E-state index >= 15 is 0 Å². The van der Waals surface area contributed by atoms with Gasteiger partial charge in [0.2, 0.25) is 0 Å². The van der Waals surface area contributed by atoms with Crippen LogP contribution in [0.3, 0.4) is 0 Å². The number of aliphatic imine (C=N–C) groups is 1. The van der Waals surface area contributed by atoms with Gasteiger partial charge in [0, 0.05) is 18.0 Å². The molecule has 3 rings (SSSR count). The number of rotatable bonds is 3. The summed E-state index contributed by atoms with van der Waals surface area (Å²) in [6.07, 6.45) is 0.678. The first-order chi connectivity index (χ1) is 13.3. The number of benzene rings is 1. The van der Waals surface area contributed by atoms with Crippen molar-refractivity contribution < 1.29 is 23.1 Å². The second kappa shape index (κ2) is 7.64. The van der Waals surface area contributed by atoms with E-state index in [0.717, 1.165) is 12.1 Å². The van der Waals surface area contributed by atoms with Crippen LogP contribution < -0.4 is 0 Å². The van der Waals surface area contributed by atoms with Gasteiger partial charge in [-0.25, -0.2) is 4.79 Å². The fourth-order valence-electron chi connectivity index (χ4n) is 2.90. The molecular formula is C20H14F3N3O2. The number of carboxylic acids is 1. The van der Waals surface area contributed by atoms with Crippen molar-refractivity contribution in [2.24, 2.45) is 4.99 Å². The van der Waals surface area contributed by atoms with Gasteiger partial charge in [0.05, 0.1) is 34.5 Å². The number of hydrogen-bond donors (Lipinski definition) is 1. The van der Waals surface area contributed by atoms with E-state index in [4.69, 9.17) is 5.11 Å². The molecule has 1 unspecified atom stereocenters. The van der Waals surface area contributed by atoms with Gasteiger partial charge in [-0.05, 0) is 36.6 Å². The number of pyridine rings is 1. The van der Waals surface area contributed by atoms with Crippen LogP contribution in [0.25, 0.3) is 11.1 Å². The van der Waals surface area contributed by atoms with Gasteiger partial charge in [-0.15, -0.1) is 0 Å². The summed E-state index contributed by atoms with van der Waals surface area (Å²) in [6, 6.07) is 7.75. The van der Waals surface area contributed by atoms with Crippen LogP contribution in [0.1, 0.15) is 35.7 Å². The van der Waals surface area contributed by atoms with Crippen LogP contribution in [0.5, 0.6) is 0 Å². The Morgan fingerprint density at radius 3 is 2.75 bits per heavy atom. The van der Waals surface area contributed by atoms with Crippen molar-refractivity contribution in [3.63, 3.8) is 0 Å². The second-order valence-corrected chi connectivity index (χ2v) is 6.18. The smallest absolute Gasteiger partial charge is 0.416 e. The summed E-state index contributed by atoms with van der Waals surface area (Å²) in [6.45, 7) is 0. The van der Waals surface area contributed by atoms with E-state index in [-0.39, 0.29) is 16.7 Å². The molecule has 1 aromatic heterocycles. The van der Waals surface area contributed by atoms with Gasteiger partial charge < -0.3 is 5.11 Å². The highest BCUT2D eigenvalue weighted by molar-refractivity contribution is 6.08. The van der Waals surface area contributed by atoms with E-state index in [0.29, 0.717) is 24.1 Å². The number of carboxylic acid groups (broad SMARTS) is 1. The molecule has 0 amide bonds. The highest BCUT2D eigenvalue weighted by atomic mass is 19.4. The average molecular weight is 385 g/mol. The number of nitriles is 1. The number of hydrogen-bond acceptors (Lipinski definition) is 4. The maximum Gasteiger partial charge on any atom is 0.416 e. The highest BCUT2D eigenvalue weighted by Gasteiger charge is 2.30. The molecule has 142 valence electrons. The van der Waals surface area contributed by atoms with Crippen LogP contribution in [0.15, 0.2) is 53.2 Å². The third-order valence-corrected chi connectivity index (χ3v) is 4.33. The maximum atomic E-state index is 13.0. The molecule has 1 aromatic carbocycles. The molecular weight excluding hydrogens is 371 g/mol. The number of halogens is 3. The molecule has 0 radical (unpaired) electrons. The second-order valence-electron chi connectivity index (χ2n) is 6.18. The molecule has 1 N–H and O–H groups in total. The first kappa shape index (κ1) is 19.3. The van der Waals surface area contributed by atoms with Crippen LogP contribution in [0.2, 0.25) is 0 Å². The predicted molar refractivity (Wildman–Crippen MR) is 95.6 cm³/mol. The molecule has 28 heavy (non-hydrogen) atoms. The van der Waals surface area contributed by atoms with E-state index in [1.165, 1.54) is 30.6 Å². The van der Waals surface area contributed by atoms with Crippen LogP contribution >= 0.6 is 0 Å². The summed E-state index contributed by atoms with van der Waals surface area (Å²) in [7, 11) is 0. The topological polar surface area (TPSA) is 86.3 Å². The molecule has 0 bridgehead atoms. The Kier molecular flexibility index (Phi) is 5.27. The highest BCUT2D eigenvalue weighted by Crippen LogP contribution is 2.34. The van der Waals surface area contributed by atoms with Gasteiger partial charge >= 0.3 is 12.1 Å². The van der Waals surface area contributed by atoms with Gasteiger partial charge in [-0.1, -0.05) is 18.2 Å². The van der Waals surface area contributed by atoms with Gasteiger partial charge in [0.1, 0.15) is 0 Å². The van der Waals surface area contributed by atoms with E-state index in [2.05, 4.69) is 9.98 Å². The molecule has 1 atom stereocenters. The lowest BCUT2D eigenvalue weighted by Gasteiger charge is -2.13. The fourth-order valence-corrected chi connectivity index (χ4v) is 2.90. The zero-order valence-electron chi connectivity index (χ0n) is 14.4. The summed E-state index contributed by atoms with van der Waals surface area (Å²) >= 11 is 0.